The van der Waals surface area contributed by atoms with Gasteiger partial charge in [-0.1, -0.05) is 17.4 Å². The zero-order valence-corrected chi connectivity index (χ0v) is 19.2. The van der Waals surface area contributed by atoms with Gasteiger partial charge in [0.05, 0.1) is 35.3 Å². The number of allylic oxidation sites excluding steroid dienone is 1. The van der Waals surface area contributed by atoms with Crippen LogP contribution >= 0.6 is 20.8 Å². The molecule has 0 aliphatic carbocycles. The van der Waals surface area contributed by atoms with Crippen LogP contribution in [0, 0.1) is 5.82 Å². The molecule has 0 radical (unpaired) electrons. The van der Waals surface area contributed by atoms with Crippen LogP contribution in [0.4, 0.5) is 4.39 Å². The molecule has 0 saturated carbocycles. The van der Waals surface area contributed by atoms with Crippen LogP contribution in [0.3, 0.4) is 0 Å². The minimum atomic E-state index is -0.403. The van der Waals surface area contributed by atoms with E-state index in [9.17, 15) is 4.39 Å². The number of nitrogens with zero attached hydrogens (tertiary/aromatic N) is 4. The molecule has 0 spiro atoms. The molecule has 2 N–H and O–H groups in total. The molecule has 0 saturated heterocycles. The van der Waals surface area contributed by atoms with Gasteiger partial charge in [0.25, 0.3) is 0 Å². The Labute approximate surface area is 192 Å². The number of aliphatic imine (C=N–C) groups is 1. The molecule has 1 aromatic carbocycles. The van der Waals surface area contributed by atoms with Crippen LogP contribution in [-0.4, -0.2) is 46.3 Å². The number of aromatic amines is 1. The fourth-order valence-corrected chi connectivity index (χ4v) is 3.68. The first kappa shape index (κ1) is 22.2. The van der Waals surface area contributed by atoms with Crippen molar-refractivity contribution in [2.45, 2.75) is 0 Å². The van der Waals surface area contributed by atoms with Crippen LogP contribution in [0.25, 0.3) is 39.3 Å². The number of imidazole rings is 1. The number of pyridine rings is 2. The van der Waals surface area contributed by atoms with Crippen molar-refractivity contribution in [2.24, 2.45) is 4.99 Å². The molecule has 0 amide bonds. The fourth-order valence-electron chi connectivity index (χ4n) is 3.23. The summed E-state index contributed by atoms with van der Waals surface area (Å²) in [6, 6.07) is 10.1. The van der Waals surface area contributed by atoms with Gasteiger partial charge in [-0.25, -0.2) is 14.4 Å². The van der Waals surface area contributed by atoms with Crippen LogP contribution < -0.4 is 5.32 Å². The molecule has 4 rings (SSSR count). The summed E-state index contributed by atoms with van der Waals surface area (Å²) in [4.78, 5) is 21.1. The van der Waals surface area contributed by atoms with Gasteiger partial charge in [0.1, 0.15) is 11.5 Å². The summed E-state index contributed by atoms with van der Waals surface area (Å²) in [6.45, 7) is 1.49. The molecule has 1 atom stereocenters. The normalized spacial score (nSPS) is 12.2. The molecule has 0 aliphatic rings. The summed E-state index contributed by atoms with van der Waals surface area (Å²) in [7, 11) is 4.50. The first-order valence-corrected chi connectivity index (χ1v) is 11.0. The second kappa shape index (κ2) is 10.1. The number of hydrogen-bond acceptors (Lipinski definition) is 5. The SMILES string of the molecule is CNCCN=C/C(=C\P)c1cnc2ccc(-c3[nH]cnc3-c3cc(Cl)ccc3F)nc2c1. The van der Waals surface area contributed by atoms with E-state index in [1.165, 1.54) is 18.5 Å². The van der Waals surface area contributed by atoms with Gasteiger partial charge in [-0.3, -0.25) is 9.98 Å². The lowest BCUT2D eigenvalue weighted by Gasteiger charge is -2.07. The summed E-state index contributed by atoms with van der Waals surface area (Å²) in [5.41, 5.74) is 5.28. The van der Waals surface area contributed by atoms with Gasteiger partial charge in [-0.05, 0) is 43.4 Å². The van der Waals surface area contributed by atoms with E-state index in [4.69, 9.17) is 16.6 Å². The highest BCUT2D eigenvalue weighted by Gasteiger charge is 2.16. The number of hydrogen-bond donors (Lipinski definition) is 2. The highest BCUT2D eigenvalue weighted by Crippen LogP contribution is 2.32. The van der Waals surface area contributed by atoms with Crippen LogP contribution in [0.2, 0.25) is 5.02 Å². The molecule has 9 heteroatoms. The van der Waals surface area contributed by atoms with Gasteiger partial charge >= 0.3 is 0 Å². The van der Waals surface area contributed by atoms with Crippen molar-refractivity contribution in [2.75, 3.05) is 20.1 Å². The lowest BCUT2D eigenvalue weighted by Crippen LogP contribution is -2.10. The van der Waals surface area contributed by atoms with Gasteiger partial charge in [0.2, 0.25) is 0 Å². The van der Waals surface area contributed by atoms with Crippen molar-refractivity contribution >= 4 is 43.7 Å². The van der Waals surface area contributed by atoms with E-state index in [0.717, 1.165) is 23.2 Å². The molecule has 1 unspecified atom stereocenters. The lowest BCUT2D eigenvalue weighted by molar-refractivity contribution is 0.631. The van der Waals surface area contributed by atoms with Gasteiger partial charge in [0.15, 0.2) is 0 Å². The topological polar surface area (TPSA) is 78.9 Å². The maximum Gasteiger partial charge on any atom is 0.132 e. The number of H-pyrrole nitrogens is 1. The van der Waals surface area contributed by atoms with E-state index in [0.29, 0.717) is 39.7 Å². The van der Waals surface area contributed by atoms with E-state index < -0.39 is 5.82 Å². The summed E-state index contributed by atoms with van der Waals surface area (Å²) in [5, 5.41) is 3.50. The largest absolute Gasteiger partial charge is 0.343 e. The summed E-state index contributed by atoms with van der Waals surface area (Å²) in [5.74, 6) is 1.50. The van der Waals surface area contributed by atoms with Gasteiger partial charge in [-0.2, -0.15) is 0 Å². The molecule has 6 nitrogen and oxygen atoms in total. The maximum atomic E-state index is 14.4. The minimum Gasteiger partial charge on any atom is -0.343 e. The van der Waals surface area contributed by atoms with E-state index in [1.54, 1.807) is 12.3 Å². The number of fused-ring (bicyclic) bond motifs is 1. The Hall–Kier alpha value is -2.99. The average molecular weight is 467 g/mol. The van der Waals surface area contributed by atoms with Crippen molar-refractivity contribution in [1.29, 1.82) is 0 Å². The van der Waals surface area contributed by atoms with Crippen molar-refractivity contribution < 1.29 is 4.39 Å². The predicted octanol–water partition coefficient (Wildman–Crippen LogP) is 4.99. The Balaban J connectivity index is 1.73. The van der Waals surface area contributed by atoms with Crippen LogP contribution in [0.1, 0.15) is 5.56 Å². The van der Waals surface area contributed by atoms with E-state index in [-0.39, 0.29) is 0 Å². The van der Waals surface area contributed by atoms with Crippen LogP contribution in [0.5, 0.6) is 0 Å². The second-order valence-corrected chi connectivity index (χ2v) is 7.74. The van der Waals surface area contributed by atoms with Gasteiger partial charge < -0.3 is 10.3 Å². The lowest BCUT2D eigenvalue weighted by atomic mass is 10.1. The third-order valence-electron chi connectivity index (χ3n) is 4.85. The quantitative estimate of drug-likeness (QED) is 0.228. The number of likely N-dealkylation sites (N-methyl/N-ethyl adjacent to an activating group) is 1. The molecule has 0 fully saturated rings. The molecule has 0 aliphatic heterocycles. The first-order valence-electron chi connectivity index (χ1n) is 9.93. The third kappa shape index (κ3) is 4.75. The number of rotatable bonds is 7. The maximum absolute atomic E-state index is 14.4. The third-order valence-corrected chi connectivity index (χ3v) is 5.44. The predicted molar refractivity (Wildman–Crippen MR) is 132 cm³/mol. The Morgan fingerprint density at radius 2 is 2.09 bits per heavy atom. The monoisotopic (exact) mass is 466 g/mol. The van der Waals surface area contributed by atoms with Crippen LogP contribution in [-0.2, 0) is 0 Å². The zero-order chi connectivity index (χ0) is 22.5. The van der Waals surface area contributed by atoms with Gasteiger partial charge in [0, 0.05) is 40.7 Å². The Morgan fingerprint density at radius 3 is 2.91 bits per heavy atom. The van der Waals surface area contributed by atoms with Gasteiger partial charge in [-0.15, -0.1) is 9.24 Å². The zero-order valence-electron chi connectivity index (χ0n) is 17.3. The molecule has 4 aromatic rings. The molecule has 3 aromatic heterocycles. The highest BCUT2D eigenvalue weighted by atomic mass is 35.5. The van der Waals surface area contributed by atoms with Crippen molar-refractivity contribution in [3.05, 3.63) is 71.1 Å². The van der Waals surface area contributed by atoms with Crippen molar-refractivity contribution in [1.82, 2.24) is 25.3 Å². The molecule has 0 bridgehead atoms. The average Bonchev–Trinajstić information content (AvgIpc) is 3.30. The minimum absolute atomic E-state index is 0.313. The molecule has 162 valence electrons. The number of nitrogens with one attached hydrogen (secondary N) is 2. The molecular formula is C23H21ClFN6P. The smallest absolute Gasteiger partial charge is 0.132 e. The highest BCUT2D eigenvalue weighted by molar-refractivity contribution is 7.21. The Bertz CT molecular complexity index is 1320. The van der Waals surface area contributed by atoms with E-state index in [2.05, 4.69) is 34.5 Å². The summed E-state index contributed by atoms with van der Waals surface area (Å²) in [6.07, 6.45) is 5.14. The second-order valence-electron chi connectivity index (χ2n) is 6.97. The molecule has 3 heterocycles. The summed E-state index contributed by atoms with van der Waals surface area (Å²) < 4.78 is 14.4. The summed E-state index contributed by atoms with van der Waals surface area (Å²) >= 11 is 6.08. The van der Waals surface area contributed by atoms with E-state index in [1.807, 2.05) is 37.3 Å². The fraction of sp³-hybridized carbons (Fsp3) is 0.130. The number of aromatic nitrogens is 4. The Kier molecular flexibility index (Phi) is 7.00. The first-order chi connectivity index (χ1) is 15.6. The molecular weight excluding hydrogens is 446 g/mol. The Morgan fingerprint density at radius 1 is 1.22 bits per heavy atom. The molecule has 32 heavy (non-hydrogen) atoms. The number of halogens is 2. The van der Waals surface area contributed by atoms with Crippen molar-refractivity contribution in [3.8, 4) is 22.6 Å². The van der Waals surface area contributed by atoms with E-state index >= 15 is 0 Å². The standard InChI is InChI=1S/C23H21ClFN6P/c1-26-6-7-27-10-15(12-32)14-8-21-19(28-11-14)4-5-20(31-21)23-22(29-13-30-23)17-9-16(24)2-3-18(17)25/h2-5,8-13,26H,6-7,32H2,1H3,(H,29,30)/b15-12+,27-10?. The van der Waals surface area contributed by atoms with Crippen LogP contribution in [0.15, 0.2) is 59.7 Å². The number of benzene rings is 1. The van der Waals surface area contributed by atoms with Crippen molar-refractivity contribution in [3.63, 3.8) is 0 Å².